The number of rotatable bonds is 5. The molecule has 0 aliphatic rings. The van der Waals surface area contributed by atoms with Crippen molar-refractivity contribution in [2.45, 2.75) is 13.0 Å². The van der Waals surface area contributed by atoms with Crippen LogP contribution in [0, 0.1) is 0 Å². The second-order valence-corrected chi connectivity index (χ2v) is 5.10. The summed E-state index contributed by atoms with van der Waals surface area (Å²) in [6.45, 7) is 0.00998. The summed E-state index contributed by atoms with van der Waals surface area (Å²) in [5, 5.41) is 3.65. The Labute approximate surface area is 133 Å². The Balaban J connectivity index is 1.90. The summed E-state index contributed by atoms with van der Waals surface area (Å²) in [6.07, 6.45) is -2.05. The van der Waals surface area contributed by atoms with Crippen molar-refractivity contribution in [3.8, 4) is 5.75 Å². The summed E-state index contributed by atoms with van der Waals surface area (Å²) in [7, 11) is 0. The number of halogens is 4. The van der Waals surface area contributed by atoms with Gasteiger partial charge in [0.15, 0.2) is 0 Å². The van der Waals surface area contributed by atoms with E-state index in [4.69, 9.17) is 4.84 Å². The van der Waals surface area contributed by atoms with E-state index >= 15 is 0 Å². The first kappa shape index (κ1) is 16.4. The molecule has 2 aromatic rings. The second-order valence-electron chi connectivity index (χ2n) is 4.18. The van der Waals surface area contributed by atoms with Crippen LogP contribution in [0.15, 0.2) is 58.2 Å². The van der Waals surface area contributed by atoms with Crippen molar-refractivity contribution < 1.29 is 22.7 Å². The van der Waals surface area contributed by atoms with E-state index in [1.165, 1.54) is 18.2 Å². The first-order chi connectivity index (χ1) is 10.4. The number of benzene rings is 2. The van der Waals surface area contributed by atoms with Crippen molar-refractivity contribution in [1.82, 2.24) is 0 Å². The predicted octanol–water partition coefficient (Wildman–Crippen LogP) is 4.78. The Morgan fingerprint density at radius 2 is 1.86 bits per heavy atom. The summed E-state index contributed by atoms with van der Waals surface area (Å²) < 4.78 is 41.0. The van der Waals surface area contributed by atoms with Gasteiger partial charge in [0.2, 0.25) is 0 Å². The first-order valence-electron chi connectivity index (χ1n) is 6.11. The van der Waals surface area contributed by atoms with E-state index < -0.39 is 6.36 Å². The van der Waals surface area contributed by atoms with Gasteiger partial charge in [-0.25, -0.2) is 0 Å². The summed E-state index contributed by atoms with van der Waals surface area (Å²) >= 11 is 3.31. The summed E-state index contributed by atoms with van der Waals surface area (Å²) in [6, 6.07) is 12.8. The number of ether oxygens (including phenoxy) is 1. The number of hydrogen-bond acceptors (Lipinski definition) is 3. The standard InChI is InChI=1S/C15H10BrF3NO2/c16-13-5-1-3-11(7-13)9-20-21-10-12-4-2-6-14(8-12)22-15(17,18)19/h1-8H,10H2. The van der Waals surface area contributed by atoms with Gasteiger partial charge in [0.1, 0.15) is 18.6 Å². The van der Waals surface area contributed by atoms with Gasteiger partial charge >= 0.3 is 6.36 Å². The highest BCUT2D eigenvalue weighted by Gasteiger charge is 2.31. The van der Waals surface area contributed by atoms with Crippen LogP contribution in [0.1, 0.15) is 11.1 Å². The first-order valence-corrected chi connectivity index (χ1v) is 6.90. The lowest BCUT2D eigenvalue weighted by Crippen LogP contribution is -2.17. The van der Waals surface area contributed by atoms with Crippen LogP contribution in [-0.4, -0.2) is 12.6 Å². The topological polar surface area (TPSA) is 30.8 Å². The van der Waals surface area contributed by atoms with Gasteiger partial charge < -0.3 is 9.57 Å². The van der Waals surface area contributed by atoms with Crippen molar-refractivity contribution in [2.75, 3.05) is 0 Å². The minimum absolute atomic E-state index is 0.00998. The molecule has 0 heterocycles. The van der Waals surface area contributed by atoms with E-state index in [0.717, 1.165) is 4.47 Å². The van der Waals surface area contributed by atoms with E-state index in [-0.39, 0.29) is 12.4 Å². The van der Waals surface area contributed by atoms with Crippen molar-refractivity contribution >= 4 is 22.1 Å². The Kier molecular flexibility index (Phi) is 5.43. The van der Waals surface area contributed by atoms with Crippen LogP contribution in [-0.2, 0) is 11.4 Å². The molecule has 0 amide bonds. The third kappa shape index (κ3) is 5.77. The van der Waals surface area contributed by atoms with Crippen molar-refractivity contribution in [1.29, 1.82) is 0 Å². The highest BCUT2D eigenvalue weighted by atomic mass is 79.9. The maximum Gasteiger partial charge on any atom is 0.573 e. The molecule has 7 heteroatoms. The Morgan fingerprint density at radius 3 is 2.59 bits per heavy atom. The van der Waals surface area contributed by atoms with Crippen LogP contribution < -0.4 is 4.74 Å². The van der Waals surface area contributed by atoms with Gasteiger partial charge in [0, 0.05) is 10.0 Å². The zero-order chi connectivity index (χ0) is 16.0. The molecule has 0 unspecified atom stereocenters. The smallest absolute Gasteiger partial charge is 0.406 e. The van der Waals surface area contributed by atoms with Gasteiger partial charge in [0.05, 0.1) is 0 Å². The van der Waals surface area contributed by atoms with E-state index in [0.29, 0.717) is 11.1 Å². The van der Waals surface area contributed by atoms with Gasteiger partial charge in [-0.2, -0.15) is 0 Å². The highest BCUT2D eigenvalue weighted by Crippen LogP contribution is 2.23. The fourth-order valence-electron chi connectivity index (χ4n) is 1.58. The fraction of sp³-hybridized carbons (Fsp3) is 0.133. The molecule has 3 nitrogen and oxygen atoms in total. The maximum absolute atomic E-state index is 12.1. The van der Waals surface area contributed by atoms with E-state index in [2.05, 4.69) is 32.0 Å². The van der Waals surface area contributed by atoms with Crippen molar-refractivity contribution in [3.05, 3.63) is 64.1 Å². The highest BCUT2D eigenvalue weighted by molar-refractivity contribution is 9.10. The Bertz CT molecular complexity index is 659. The normalized spacial score (nSPS) is 11.6. The zero-order valence-electron chi connectivity index (χ0n) is 11.1. The second kappa shape index (κ2) is 7.31. The number of nitrogens with zero attached hydrogens (tertiary/aromatic N) is 1. The molecule has 22 heavy (non-hydrogen) atoms. The molecule has 0 fully saturated rings. The van der Waals surface area contributed by atoms with Gasteiger partial charge in [0.25, 0.3) is 0 Å². The number of hydrogen-bond donors (Lipinski definition) is 0. The van der Waals surface area contributed by atoms with Crippen LogP contribution >= 0.6 is 15.9 Å². The van der Waals surface area contributed by atoms with Crippen LogP contribution in [0.25, 0.3) is 0 Å². The molecular weight excluding hydrogens is 363 g/mol. The Hall–Kier alpha value is -2.02. The molecule has 115 valence electrons. The molecule has 2 aromatic carbocycles. The van der Waals surface area contributed by atoms with Crippen molar-refractivity contribution in [2.24, 2.45) is 5.16 Å². The van der Waals surface area contributed by atoms with Gasteiger partial charge in [-0.15, -0.1) is 13.2 Å². The van der Waals surface area contributed by atoms with Crippen molar-refractivity contribution in [3.63, 3.8) is 0 Å². The maximum atomic E-state index is 12.1. The molecule has 0 aliphatic heterocycles. The molecular formula is C15H10BrF3NO2. The average Bonchev–Trinajstić information content (AvgIpc) is 2.42. The minimum Gasteiger partial charge on any atom is -0.406 e. The minimum atomic E-state index is -4.72. The molecule has 2 rings (SSSR count). The predicted molar refractivity (Wildman–Crippen MR) is 78.6 cm³/mol. The molecule has 0 saturated heterocycles. The lowest BCUT2D eigenvalue weighted by molar-refractivity contribution is -0.274. The average molecular weight is 373 g/mol. The quantitative estimate of drug-likeness (QED) is 0.558. The molecule has 0 N–H and O–H groups in total. The molecule has 0 saturated carbocycles. The van der Waals surface area contributed by atoms with Gasteiger partial charge in [-0.3, -0.25) is 0 Å². The fourth-order valence-corrected chi connectivity index (χ4v) is 1.98. The Morgan fingerprint density at radius 1 is 1.09 bits per heavy atom. The van der Waals surface area contributed by atoms with Gasteiger partial charge in [-0.05, 0) is 29.8 Å². The molecule has 0 aliphatic carbocycles. The SMILES string of the molecule is FC(F)(F)Oc1cccc(CO/N=[C]\c2cccc(Br)c2)c1. The molecule has 0 spiro atoms. The van der Waals surface area contributed by atoms with E-state index in [1.807, 2.05) is 12.1 Å². The third-order valence-corrected chi connectivity index (χ3v) is 2.92. The van der Waals surface area contributed by atoms with Crippen LogP contribution in [0.4, 0.5) is 13.2 Å². The van der Waals surface area contributed by atoms with Crippen LogP contribution in [0.3, 0.4) is 0 Å². The van der Waals surface area contributed by atoms with Crippen LogP contribution in [0.2, 0.25) is 0 Å². The lowest BCUT2D eigenvalue weighted by atomic mass is 10.2. The van der Waals surface area contributed by atoms with E-state index in [9.17, 15) is 13.2 Å². The molecule has 0 atom stereocenters. The van der Waals surface area contributed by atoms with Gasteiger partial charge in [-0.1, -0.05) is 45.4 Å². The largest absolute Gasteiger partial charge is 0.573 e. The summed E-state index contributed by atoms with van der Waals surface area (Å²) in [4.78, 5) is 5.01. The van der Waals surface area contributed by atoms with E-state index in [1.54, 1.807) is 18.2 Å². The molecule has 0 bridgehead atoms. The lowest BCUT2D eigenvalue weighted by Gasteiger charge is -2.09. The third-order valence-electron chi connectivity index (χ3n) is 2.43. The summed E-state index contributed by atoms with van der Waals surface area (Å²) in [5.41, 5.74) is 1.21. The molecule has 0 aromatic heterocycles. The summed E-state index contributed by atoms with van der Waals surface area (Å²) in [5.74, 6) is -0.298. The monoisotopic (exact) mass is 372 g/mol. The zero-order valence-corrected chi connectivity index (χ0v) is 12.7. The molecule has 1 radical (unpaired) electrons. The van der Waals surface area contributed by atoms with Crippen LogP contribution in [0.5, 0.6) is 5.75 Å². The number of alkyl halides is 3.